The van der Waals surface area contributed by atoms with Gasteiger partial charge in [0.1, 0.15) is 0 Å². The topological polar surface area (TPSA) is 6.48 Å². The van der Waals surface area contributed by atoms with Gasteiger partial charge in [0.05, 0.1) is 5.69 Å². The predicted molar refractivity (Wildman–Crippen MR) is 283 cm³/mol. The normalized spacial score (nSPS) is 15.2. The Labute approximate surface area is 390 Å². The number of rotatable bonds is 5. The molecule has 0 fully saturated rings. The van der Waals surface area contributed by atoms with Crippen molar-refractivity contribution in [1.29, 1.82) is 0 Å². The van der Waals surface area contributed by atoms with Gasteiger partial charge in [0.2, 0.25) is 0 Å². The summed E-state index contributed by atoms with van der Waals surface area (Å²) in [5.74, 6) is 0.314. The number of fused-ring (bicyclic) bond motifs is 5. The van der Waals surface area contributed by atoms with Crippen molar-refractivity contribution in [3.8, 4) is 22.3 Å². The van der Waals surface area contributed by atoms with Crippen LogP contribution < -0.4 is 26.2 Å². The monoisotopic (exact) mass is 851 g/mol. The number of anilines is 6. The third kappa shape index (κ3) is 7.54. The largest absolute Gasteiger partial charge is 0.311 e. The fraction of sp³-hybridized carbons (Fsp3) is 0.323. The molecule has 65 heavy (non-hydrogen) atoms. The van der Waals surface area contributed by atoms with Gasteiger partial charge in [-0.2, -0.15) is 0 Å². The van der Waals surface area contributed by atoms with E-state index in [2.05, 4.69) is 239 Å². The molecular weight excluding hydrogens is 784 g/mol. The smallest absolute Gasteiger partial charge is 0.252 e. The molecule has 7 aromatic rings. The van der Waals surface area contributed by atoms with Gasteiger partial charge in [-0.1, -0.05) is 175 Å². The molecule has 3 heteroatoms. The van der Waals surface area contributed by atoms with Gasteiger partial charge < -0.3 is 9.80 Å². The third-order valence-corrected chi connectivity index (χ3v) is 14.6. The van der Waals surface area contributed by atoms with Crippen LogP contribution in [-0.4, -0.2) is 6.71 Å². The van der Waals surface area contributed by atoms with Crippen LogP contribution in [0.5, 0.6) is 0 Å². The van der Waals surface area contributed by atoms with Crippen molar-refractivity contribution < 1.29 is 0 Å². The van der Waals surface area contributed by atoms with E-state index in [1.807, 2.05) is 0 Å². The van der Waals surface area contributed by atoms with E-state index in [0.717, 1.165) is 12.8 Å². The van der Waals surface area contributed by atoms with Crippen molar-refractivity contribution in [3.63, 3.8) is 0 Å². The van der Waals surface area contributed by atoms with Crippen molar-refractivity contribution in [3.05, 3.63) is 173 Å². The molecule has 3 aliphatic rings. The summed E-state index contributed by atoms with van der Waals surface area (Å²) in [6.45, 7) is 30.7. The second-order valence-corrected chi connectivity index (χ2v) is 23.7. The average Bonchev–Trinajstić information content (AvgIpc) is 3.57. The molecule has 0 atom stereocenters. The fourth-order valence-electron chi connectivity index (χ4n) is 10.9. The Bertz CT molecular complexity index is 3000. The van der Waals surface area contributed by atoms with E-state index in [-0.39, 0.29) is 28.4 Å². The fourth-order valence-corrected chi connectivity index (χ4v) is 10.9. The molecule has 7 aromatic carbocycles. The molecule has 0 unspecified atom stereocenters. The first-order valence-electron chi connectivity index (χ1n) is 24.2. The summed E-state index contributed by atoms with van der Waals surface area (Å²) < 4.78 is 0. The minimum absolute atomic E-state index is 0.000948. The Morgan fingerprint density at radius 3 is 1.71 bits per heavy atom. The second-order valence-electron chi connectivity index (χ2n) is 23.7. The van der Waals surface area contributed by atoms with Crippen LogP contribution in [0.1, 0.15) is 129 Å². The molecule has 0 N–H and O–H groups in total. The number of nitrogens with zero attached hydrogens (tertiary/aromatic N) is 2. The molecule has 2 aliphatic heterocycles. The zero-order valence-electron chi connectivity index (χ0n) is 41.2. The molecule has 0 radical (unpaired) electrons. The molecule has 1 aliphatic carbocycles. The van der Waals surface area contributed by atoms with E-state index in [1.165, 1.54) is 106 Å². The van der Waals surface area contributed by atoms with E-state index in [1.54, 1.807) is 0 Å². The highest BCUT2D eigenvalue weighted by atomic mass is 15.2. The van der Waals surface area contributed by atoms with E-state index >= 15 is 0 Å². The molecule has 0 aromatic heterocycles. The second kappa shape index (κ2) is 15.1. The van der Waals surface area contributed by atoms with Gasteiger partial charge in [0, 0.05) is 34.0 Å². The van der Waals surface area contributed by atoms with Crippen molar-refractivity contribution in [2.75, 3.05) is 9.80 Å². The molecule has 0 saturated carbocycles. The number of hydrogen-bond acceptors (Lipinski definition) is 2. The van der Waals surface area contributed by atoms with Crippen LogP contribution in [0.3, 0.4) is 0 Å². The van der Waals surface area contributed by atoms with Gasteiger partial charge in [-0.3, -0.25) is 0 Å². The summed E-state index contributed by atoms with van der Waals surface area (Å²) in [5, 5.41) is 0. The van der Waals surface area contributed by atoms with Crippen LogP contribution in [0.15, 0.2) is 140 Å². The highest BCUT2D eigenvalue weighted by molar-refractivity contribution is 7.00. The minimum Gasteiger partial charge on any atom is -0.311 e. The van der Waals surface area contributed by atoms with Gasteiger partial charge in [-0.15, -0.1) is 0 Å². The van der Waals surface area contributed by atoms with Crippen molar-refractivity contribution in [2.45, 2.75) is 125 Å². The first-order valence-corrected chi connectivity index (χ1v) is 24.2. The van der Waals surface area contributed by atoms with Crippen LogP contribution in [0.2, 0.25) is 0 Å². The summed E-state index contributed by atoms with van der Waals surface area (Å²) in [6, 6.07) is 54.5. The third-order valence-electron chi connectivity index (χ3n) is 14.6. The van der Waals surface area contributed by atoms with Crippen LogP contribution in [0.4, 0.5) is 34.1 Å². The van der Waals surface area contributed by atoms with E-state index in [4.69, 9.17) is 0 Å². The first kappa shape index (κ1) is 43.1. The van der Waals surface area contributed by atoms with Crippen LogP contribution in [-0.2, 0) is 29.1 Å². The molecule has 0 bridgehead atoms. The Balaban J connectivity index is 1.32. The van der Waals surface area contributed by atoms with Crippen molar-refractivity contribution in [2.24, 2.45) is 5.41 Å². The van der Waals surface area contributed by atoms with Gasteiger partial charge in [0.15, 0.2) is 0 Å². The van der Waals surface area contributed by atoms with Crippen LogP contribution in [0, 0.1) is 5.41 Å². The maximum Gasteiger partial charge on any atom is 0.252 e. The molecule has 0 spiro atoms. The lowest BCUT2D eigenvalue weighted by molar-refractivity contribution is 0.392. The van der Waals surface area contributed by atoms with Gasteiger partial charge in [-0.05, 0) is 161 Å². The Hall–Kier alpha value is -5.80. The molecular formula is C62H67BN2. The molecule has 0 amide bonds. The van der Waals surface area contributed by atoms with Gasteiger partial charge >= 0.3 is 0 Å². The zero-order chi connectivity index (χ0) is 46.0. The van der Waals surface area contributed by atoms with Gasteiger partial charge in [0.25, 0.3) is 6.71 Å². The standard InChI is InChI=1S/C62H67BN2/c1-39(2)43-31-56-58-57(32-43)65(53-28-26-47(60(6,7)8)35-50(53)42-22-17-21-41(29-42)40-19-15-14-16-20-40)54-33-45-38-62(12,13)37-44(45)30-52(54)63(58)51-27-25-48(61(9,10)11)36-55(51)64(56)49-24-18-23-46(34-49)59(3,4)5/h14-36,39H,37-38H2,1-13H3. The minimum atomic E-state index is -0.0317. The molecule has 10 rings (SSSR count). The van der Waals surface area contributed by atoms with Crippen molar-refractivity contribution in [1.82, 2.24) is 0 Å². The summed E-state index contributed by atoms with van der Waals surface area (Å²) in [4.78, 5) is 5.32. The van der Waals surface area contributed by atoms with Crippen LogP contribution in [0.25, 0.3) is 22.3 Å². The SMILES string of the molecule is CC(C)c1cc2c3c(c1)N(c1ccc(C(C)(C)C)cc1-c1cccc(-c4ccccc4)c1)c1cc4c(cc1B3c1ccc(C(C)(C)C)cc1N2c1cccc(C(C)(C)C)c1)CC(C)(C)C4. The highest BCUT2D eigenvalue weighted by Crippen LogP contribution is 2.50. The first-order chi connectivity index (χ1) is 30.7. The lowest BCUT2D eigenvalue weighted by Gasteiger charge is -2.45. The quantitative estimate of drug-likeness (QED) is 0.159. The Morgan fingerprint density at radius 1 is 0.462 bits per heavy atom. The van der Waals surface area contributed by atoms with Crippen molar-refractivity contribution >= 4 is 57.2 Å². The molecule has 0 saturated heterocycles. The maximum atomic E-state index is 2.69. The molecule has 328 valence electrons. The van der Waals surface area contributed by atoms with E-state index < -0.39 is 0 Å². The number of benzene rings is 7. The summed E-state index contributed by atoms with van der Waals surface area (Å²) in [7, 11) is 0. The van der Waals surface area contributed by atoms with E-state index in [9.17, 15) is 0 Å². The lowest BCUT2D eigenvalue weighted by atomic mass is 9.33. The van der Waals surface area contributed by atoms with Gasteiger partial charge in [-0.25, -0.2) is 0 Å². The summed E-state index contributed by atoms with van der Waals surface area (Å²) in [5.41, 5.74) is 25.3. The summed E-state index contributed by atoms with van der Waals surface area (Å²) in [6.07, 6.45) is 2.17. The Kier molecular flexibility index (Phi) is 10.0. The zero-order valence-corrected chi connectivity index (χ0v) is 41.2. The lowest BCUT2D eigenvalue weighted by Crippen LogP contribution is -2.61. The number of hydrogen-bond donors (Lipinski definition) is 0. The Morgan fingerprint density at radius 2 is 1.03 bits per heavy atom. The predicted octanol–water partition coefficient (Wildman–Crippen LogP) is 15.2. The average molecular weight is 851 g/mol. The van der Waals surface area contributed by atoms with E-state index in [0.29, 0.717) is 5.92 Å². The molecule has 2 heterocycles. The van der Waals surface area contributed by atoms with Crippen LogP contribution >= 0.6 is 0 Å². The molecule has 2 nitrogen and oxygen atoms in total. The summed E-state index contributed by atoms with van der Waals surface area (Å²) >= 11 is 0. The highest BCUT2D eigenvalue weighted by Gasteiger charge is 2.46. The maximum absolute atomic E-state index is 2.69.